The summed E-state index contributed by atoms with van der Waals surface area (Å²) in [5, 5.41) is 0. The summed E-state index contributed by atoms with van der Waals surface area (Å²) < 4.78 is 63.1. The third-order valence-corrected chi connectivity index (χ3v) is 6.99. The zero-order valence-electron chi connectivity index (χ0n) is 12.2. The molecule has 0 atom stereocenters. The molecule has 2 aromatic heterocycles. The lowest BCUT2D eigenvalue weighted by molar-refractivity contribution is -0.0543. The lowest BCUT2D eigenvalue weighted by Crippen LogP contribution is -2.26. The van der Waals surface area contributed by atoms with Gasteiger partial charge in [-0.2, -0.15) is 21.6 Å². The van der Waals surface area contributed by atoms with E-state index < -0.39 is 22.2 Å². The van der Waals surface area contributed by atoms with Gasteiger partial charge in [-0.1, -0.05) is 0 Å². The topological polar surface area (TPSA) is 43.4 Å². The molecule has 1 aliphatic rings. The molecule has 0 aromatic carbocycles. The first-order valence-electron chi connectivity index (χ1n) is 6.77. The van der Waals surface area contributed by atoms with Crippen molar-refractivity contribution < 1.29 is 25.8 Å². The van der Waals surface area contributed by atoms with Crippen molar-refractivity contribution in [3.63, 3.8) is 0 Å². The Kier molecular flexibility index (Phi) is 4.11. The van der Waals surface area contributed by atoms with Gasteiger partial charge in [-0.3, -0.25) is 4.18 Å². The normalized spacial score (nSPS) is 15.0. The summed E-state index contributed by atoms with van der Waals surface area (Å²) >= 11 is 3.19. The van der Waals surface area contributed by atoms with Crippen LogP contribution in [0.15, 0.2) is 12.1 Å². The Balaban J connectivity index is 1.81. The second-order valence-corrected chi connectivity index (χ2v) is 9.52. The van der Waals surface area contributed by atoms with Gasteiger partial charge in [0.15, 0.2) is 0 Å². The molecule has 9 heteroatoms. The second-order valence-electron chi connectivity index (χ2n) is 5.33. The van der Waals surface area contributed by atoms with Crippen molar-refractivity contribution in [2.75, 3.05) is 6.61 Å². The Hall–Kier alpha value is -0.900. The van der Waals surface area contributed by atoms with E-state index in [1.165, 1.54) is 0 Å². The van der Waals surface area contributed by atoms with Crippen LogP contribution < -0.4 is 0 Å². The third kappa shape index (κ3) is 2.95. The van der Waals surface area contributed by atoms with Gasteiger partial charge in [0.2, 0.25) is 0 Å². The van der Waals surface area contributed by atoms with Gasteiger partial charge in [0.25, 0.3) is 0 Å². The molecule has 23 heavy (non-hydrogen) atoms. The first-order chi connectivity index (χ1) is 10.6. The van der Waals surface area contributed by atoms with Crippen molar-refractivity contribution in [2.45, 2.75) is 31.7 Å². The molecule has 2 heterocycles. The molecule has 2 aromatic rings. The Morgan fingerprint density at radius 3 is 2.00 bits per heavy atom. The molecule has 0 saturated carbocycles. The van der Waals surface area contributed by atoms with Gasteiger partial charge in [-0.25, -0.2) is 0 Å². The molecule has 0 spiro atoms. The van der Waals surface area contributed by atoms with Gasteiger partial charge in [0.1, 0.15) is 0 Å². The lowest BCUT2D eigenvalue weighted by Gasteiger charge is -2.12. The zero-order chi connectivity index (χ0) is 17.0. The van der Waals surface area contributed by atoms with E-state index in [-0.39, 0.29) is 12.3 Å². The fraction of sp³-hybridized carbons (Fsp3) is 0.429. The number of hydrogen-bond acceptors (Lipinski definition) is 5. The van der Waals surface area contributed by atoms with Crippen LogP contribution in [0, 0.1) is 13.8 Å². The van der Waals surface area contributed by atoms with Crippen molar-refractivity contribution in [3.05, 3.63) is 31.6 Å². The van der Waals surface area contributed by atoms with Crippen LogP contribution in [0.2, 0.25) is 0 Å². The predicted molar refractivity (Wildman–Crippen MR) is 84.5 cm³/mol. The minimum absolute atomic E-state index is 0.0965. The van der Waals surface area contributed by atoms with Crippen molar-refractivity contribution in [2.24, 2.45) is 0 Å². The molecule has 3 nitrogen and oxygen atoms in total. The minimum atomic E-state index is -5.53. The van der Waals surface area contributed by atoms with E-state index in [2.05, 4.69) is 16.3 Å². The van der Waals surface area contributed by atoms with Crippen LogP contribution >= 0.6 is 22.7 Å². The van der Waals surface area contributed by atoms with Crippen LogP contribution in [-0.2, 0) is 14.3 Å². The Morgan fingerprint density at radius 2 is 1.57 bits per heavy atom. The highest BCUT2D eigenvalue weighted by Crippen LogP contribution is 2.53. The van der Waals surface area contributed by atoms with Crippen LogP contribution in [0.25, 0.3) is 11.1 Å². The van der Waals surface area contributed by atoms with Crippen molar-refractivity contribution in [1.29, 1.82) is 0 Å². The lowest BCUT2D eigenvalue weighted by atomic mass is 10.1. The molecular formula is C14H13F3O3S3. The number of fused-ring (bicyclic) bond motifs is 3. The fourth-order valence-electron chi connectivity index (χ4n) is 2.73. The molecular weight excluding hydrogens is 369 g/mol. The summed E-state index contributed by atoms with van der Waals surface area (Å²) in [5.41, 5.74) is -3.16. The maximum absolute atomic E-state index is 12.3. The Bertz CT molecular complexity index is 800. The van der Waals surface area contributed by atoms with Crippen LogP contribution in [0.5, 0.6) is 0 Å². The first kappa shape index (κ1) is 16.9. The summed E-state index contributed by atoms with van der Waals surface area (Å²) in [6.07, 6.45) is 0.204. The van der Waals surface area contributed by atoms with Crippen LogP contribution in [0.4, 0.5) is 13.2 Å². The number of alkyl halides is 3. The number of hydrogen-bond donors (Lipinski definition) is 0. The molecule has 0 unspecified atom stereocenters. The molecule has 126 valence electrons. The van der Waals surface area contributed by atoms with E-state index in [4.69, 9.17) is 0 Å². The largest absolute Gasteiger partial charge is 0.523 e. The maximum atomic E-state index is 12.3. The van der Waals surface area contributed by atoms with E-state index in [1.54, 1.807) is 22.7 Å². The van der Waals surface area contributed by atoms with Crippen molar-refractivity contribution in [1.82, 2.24) is 0 Å². The number of rotatable bonds is 4. The number of halogens is 3. The van der Waals surface area contributed by atoms with Crippen LogP contribution in [0.3, 0.4) is 0 Å². The quantitative estimate of drug-likeness (QED) is 0.564. The average Bonchev–Trinajstić information content (AvgIpc) is 3.01. The van der Waals surface area contributed by atoms with Crippen molar-refractivity contribution in [3.8, 4) is 11.1 Å². The summed E-state index contributed by atoms with van der Waals surface area (Å²) in [5.74, 6) is -0.0965. The summed E-state index contributed by atoms with van der Waals surface area (Å²) in [4.78, 5) is 4.41. The molecule has 3 rings (SSSR count). The van der Waals surface area contributed by atoms with E-state index in [0.717, 1.165) is 30.6 Å². The highest BCUT2D eigenvalue weighted by Gasteiger charge is 2.47. The second kappa shape index (κ2) is 5.58. The van der Waals surface area contributed by atoms with Crippen LogP contribution in [-0.4, -0.2) is 20.5 Å². The molecule has 0 N–H and O–H groups in total. The van der Waals surface area contributed by atoms with Crippen molar-refractivity contribution >= 4 is 32.8 Å². The van der Waals surface area contributed by atoms with E-state index in [9.17, 15) is 21.6 Å². The summed E-state index contributed by atoms with van der Waals surface area (Å²) in [6, 6.07) is 4.14. The molecule has 0 saturated heterocycles. The molecule has 0 fully saturated rings. The smallest absolute Gasteiger partial charge is 0.263 e. The standard InChI is InChI=1S/C14H13F3O3S3/c1-7-5-10-11-6-8(2)22-13(11)9(12(10)21-7)3-4-20-23(18,19)14(15,16)17/h5-6,9H,3-4H2,1-2H3. The molecule has 0 bridgehead atoms. The molecule has 0 aliphatic heterocycles. The van der Waals surface area contributed by atoms with E-state index in [0.29, 0.717) is 0 Å². The van der Waals surface area contributed by atoms with E-state index >= 15 is 0 Å². The van der Waals surface area contributed by atoms with Gasteiger partial charge < -0.3 is 0 Å². The van der Waals surface area contributed by atoms with Gasteiger partial charge >= 0.3 is 15.6 Å². The highest BCUT2D eigenvalue weighted by atomic mass is 32.2. The Labute approximate surface area is 139 Å². The maximum Gasteiger partial charge on any atom is 0.523 e. The van der Waals surface area contributed by atoms with Gasteiger partial charge in [-0.15, -0.1) is 22.7 Å². The molecule has 0 radical (unpaired) electrons. The van der Waals surface area contributed by atoms with E-state index in [1.807, 2.05) is 13.8 Å². The SMILES string of the molecule is Cc1cc2c(s1)C(CCOS(=O)(=O)C(F)(F)F)c1sc(C)cc1-2. The number of thiophene rings is 2. The third-order valence-electron chi connectivity index (χ3n) is 3.62. The highest BCUT2D eigenvalue weighted by molar-refractivity contribution is 7.87. The zero-order valence-corrected chi connectivity index (χ0v) is 14.7. The fourth-order valence-corrected chi connectivity index (χ4v) is 5.61. The predicted octanol–water partition coefficient (Wildman–Crippen LogP) is 4.80. The summed E-state index contributed by atoms with van der Waals surface area (Å²) in [6.45, 7) is 3.46. The number of aryl methyl sites for hydroxylation is 2. The van der Waals surface area contributed by atoms with Gasteiger partial charge in [0, 0.05) is 25.4 Å². The monoisotopic (exact) mass is 382 g/mol. The summed E-state index contributed by atoms with van der Waals surface area (Å²) in [7, 11) is -5.53. The molecule has 1 aliphatic carbocycles. The Morgan fingerprint density at radius 1 is 1.09 bits per heavy atom. The van der Waals surface area contributed by atoms with Gasteiger partial charge in [-0.05, 0) is 43.5 Å². The minimum Gasteiger partial charge on any atom is -0.263 e. The van der Waals surface area contributed by atoms with Crippen LogP contribution in [0.1, 0.15) is 31.8 Å². The first-order valence-corrected chi connectivity index (χ1v) is 9.81. The molecule has 0 amide bonds. The van der Waals surface area contributed by atoms with Gasteiger partial charge in [0.05, 0.1) is 6.61 Å². The average molecular weight is 382 g/mol.